The second kappa shape index (κ2) is 7.35. The highest BCUT2D eigenvalue weighted by atomic mass is 79.9. The van der Waals surface area contributed by atoms with E-state index < -0.39 is 0 Å². The minimum absolute atomic E-state index is 0.0199. The quantitative estimate of drug-likeness (QED) is 0.419. The van der Waals surface area contributed by atoms with Gasteiger partial charge in [0, 0.05) is 35.1 Å². The smallest absolute Gasteiger partial charge is 0.293 e. The number of ketones is 1. The van der Waals surface area contributed by atoms with E-state index in [4.69, 9.17) is 0 Å². The third kappa shape index (κ3) is 3.90. The van der Waals surface area contributed by atoms with E-state index in [-0.39, 0.29) is 22.3 Å². The SMILES string of the molecule is Cc1ccc(C(=O)C2CCN(c3ccc(Br)cc3[N+](=O)[O-])CC2)cc1. The molecule has 25 heavy (non-hydrogen) atoms. The summed E-state index contributed by atoms with van der Waals surface area (Å²) in [5, 5.41) is 11.3. The minimum Gasteiger partial charge on any atom is -0.366 e. The van der Waals surface area contributed by atoms with Crippen LogP contribution in [0.3, 0.4) is 0 Å². The number of carbonyl (C=O) groups is 1. The van der Waals surface area contributed by atoms with Gasteiger partial charge in [-0.1, -0.05) is 45.8 Å². The van der Waals surface area contributed by atoms with Crippen molar-refractivity contribution >= 4 is 33.1 Å². The molecule has 3 rings (SSSR count). The first kappa shape index (κ1) is 17.6. The van der Waals surface area contributed by atoms with Crippen LogP contribution in [0.15, 0.2) is 46.9 Å². The Kier molecular flexibility index (Phi) is 5.18. The Morgan fingerprint density at radius 3 is 2.40 bits per heavy atom. The number of anilines is 1. The third-order valence-electron chi connectivity index (χ3n) is 4.68. The molecular weight excluding hydrogens is 384 g/mol. The van der Waals surface area contributed by atoms with Gasteiger partial charge >= 0.3 is 0 Å². The van der Waals surface area contributed by atoms with Crippen LogP contribution < -0.4 is 4.90 Å². The van der Waals surface area contributed by atoms with E-state index in [0.717, 1.165) is 11.1 Å². The summed E-state index contributed by atoms with van der Waals surface area (Å²) in [5.74, 6) is 0.151. The average Bonchev–Trinajstić information content (AvgIpc) is 2.62. The second-order valence-electron chi connectivity index (χ2n) is 6.38. The Morgan fingerprint density at radius 1 is 1.16 bits per heavy atom. The van der Waals surface area contributed by atoms with Gasteiger partial charge < -0.3 is 4.90 Å². The van der Waals surface area contributed by atoms with Gasteiger partial charge in [-0.15, -0.1) is 0 Å². The molecule has 0 spiro atoms. The number of carbonyl (C=O) groups excluding carboxylic acids is 1. The molecule has 130 valence electrons. The highest BCUT2D eigenvalue weighted by Gasteiger charge is 2.28. The van der Waals surface area contributed by atoms with Gasteiger partial charge in [0.1, 0.15) is 5.69 Å². The molecule has 1 saturated heterocycles. The van der Waals surface area contributed by atoms with Crippen LogP contribution in [0.25, 0.3) is 0 Å². The van der Waals surface area contributed by atoms with E-state index >= 15 is 0 Å². The van der Waals surface area contributed by atoms with Gasteiger partial charge in [0.15, 0.2) is 5.78 Å². The summed E-state index contributed by atoms with van der Waals surface area (Å²) in [6, 6.07) is 12.8. The summed E-state index contributed by atoms with van der Waals surface area (Å²) in [6.07, 6.45) is 1.42. The molecule has 0 saturated carbocycles. The molecule has 0 N–H and O–H groups in total. The van der Waals surface area contributed by atoms with Crippen LogP contribution in [0.2, 0.25) is 0 Å². The van der Waals surface area contributed by atoms with Crippen molar-refractivity contribution in [3.05, 3.63) is 68.2 Å². The number of nitrogens with zero attached hydrogens (tertiary/aromatic N) is 2. The molecule has 2 aromatic carbocycles. The lowest BCUT2D eigenvalue weighted by Gasteiger charge is -2.32. The predicted octanol–water partition coefficient (Wildman–Crippen LogP) is 4.77. The van der Waals surface area contributed by atoms with Gasteiger partial charge in [0.2, 0.25) is 0 Å². The van der Waals surface area contributed by atoms with Crippen LogP contribution in [-0.2, 0) is 0 Å². The average molecular weight is 403 g/mol. The number of hydrogen-bond acceptors (Lipinski definition) is 4. The van der Waals surface area contributed by atoms with Gasteiger partial charge in [-0.05, 0) is 31.9 Å². The summed E-state index contributed by atoms with van der Waals surface area (Å²) >= 11 is 3.28. The number of benzene rings is 2. The van der Waals surface area contributed by atoms with Crippen LogP contribution in [0.5, 0.6) is 0 Å². The van der Waals surface area contributed by atoms with E-state index in [1.165, 1.54) is 6.07 Å². The zero-order valence-electron chi connectivity index (χ0n) is 13.9. The number of halogens is 1. The van der Waals surface area contributed by atoms with Gasteiger partial charge in [0.05, 0.1) is 4.92 Å². The van der Waals surface area contributed by atoms with Crippen molar-refractivity contribution in [2.75, 3.05) is 18.0 Å². The van der Waals surface area contributed by atoms with E-state index in [2.05, 4.69) is 15.9 Å². The van der Waals surface area contributed by atoms with Crippen molar-refractivity contribution in [1.82, 2.24) is 0 Å². The lowest BCUT2D eigenvalue weighted by Crippen LogP contribution is -2.36. The Bertz CT molecular complexity index is 797. The Balaban J connectivity index is 1.71. The second-order valence-corrected chi connectivity index (χ2v) is 7.30. The standard InChI is InChI=1S/C19H19BrN2O3/c1-13-2-4-14(5-3-13)19(23)15-8-10-21(11-9-15)17-7-6-16(20)12-18(17)22(24)25/h2-7,12,15H,8-11H2,1H3. The molecule has 6 heteroatoms. The molecule has 1 aliphatic rings. The topological polar surface area (TPSA) is 63.5 Å². The summed E-state index contributed by atoms with van der Waals surface area (Å²) in [5.41, 5.74) is 2.60. The predicted molar refractivity (Wildman–Crippen MR) is 101 cm³/mol. The fraction of sp³-hybridized carbons (Fsp3) is 0.316. The molecule has 5 nitrogen and oxygen atoms in total. The lowest BCUT2D eigenvalue weighted by molar-refractivity contribution is -0.384. The summed E-state index contributed by atoms with van der Waals surface area (Å²) in [6.45, 7) is 3.29. The summed E-state index contributed by atoms with van der Waals surface area (Å²) in [4.78, 5) is 25.6. The number of Topliss-reactive ketones (excluding diaryl/α,β-unsaturated/α-hetero) is 1. The van der Waals surface area contributed by atoms with Crippen LogP contribution in [0.4, 0.5) is 11.4 Å². The molecule has 1 fully saturated rings. The van der Waals surface area contributed by atoms with Crippen molar-refractivity contribution in [3.63, 3.8) is 0 Å². The van der Waals surface area contributed by atoms with Crippen LogP contribution in [0.1, 0.15) is 28.8 Å². The van der Waals surface area contributed by atoms with E-state index in [0.29, 0.717) is 36.1 Å². The normalized spacial score (nSPS) is 15.2. The zero-order valence-corrected chi connectivity index (χ0v) is 15.5. The van der Waals surface area contributed by atoms with E-state index in [9.17, 15) is 14.9 Å². The highest BCUT2D eigenvalue weighted by molar-refractivity contribution is 9.10. The monoisotopic (exact) mass is 402 g/mol. The number of nitro benzene ring substituents is 1. The van der Waals surface area contributed by atoms with Crippen molar-refractivity contribution in [1.29, 1.82) is 0 Å². The third-order valence-corrected chi connectivity index (χ3v) is 5.17. The van der Waals surface area contributed by atoms with Gasteiger partial charge in [-0.2, -0.15) is 0 Å². The molecule has 0 amide bonds. The largest absolute Gasteiger partial charge is 0.366 e. The van der Waals surface area contributed by atoms with E-state index in [1.54, 1.807) is 6.07 Å². The lowest BCUT2D eigenvalue weighted by atomic mass is 9.88. The van der Waals surface area contributed by atoms with Crippen molar-refractivity contribution in [2.24, 2.45) is 5.92 Å². The molecule has 0 radical (unpaired) electrons. The summed E-state index contributed by atoms with van der Waals surface area (Å²) in [7, 11) is 0. The molecule has 0 unspecified atom stereocenters. The molecular formula is C19H19BrN2O3. The molecule has 2 aromatic rings. The summed E-state index contributed by atoms with van der Waals surface area (Å²) < 4.78 is 0.687. The Labute approximate surface area is 154 Å². The first-order valence-corrected chi connectivity index (χ1v) is 9.05. The molecule has 0 aromatic heterocycles. The molecule has 1 aliphatic heterocycles. The van der Waals surface area contributed by atoms with Crippen molar-refractivity contribution < 1.29 is 9.72 Å². The number of rotatable bonds is 4. The first-order chi connectivity index (χ1) is 12.0. The van der Waals surface area contributed by atoms with Crippen molar-refractivity contribution in [2.45, 2.75) is 19.8 Å². The van der Waals surface area contributed by atoms with Crippen LogP contribution >= 0.6 is 15.9 Å². The number of aryl methyl sites for hydroxylation is 1. The maximum atomic E-state index is 12.6. The molecule has 1 heterocycles. The number of hydrogen-bond donors (Lipinski definition) is 0. The van der Waals surface area contributed by atoms with Gasteiger partial charge in [0.25, 0.3) is 5.69 Å². The minimum atomic E-state index is -0.358. The zero-order chi connectivity index (χ0) is 18.0. The highest BCUT2D eigenvalue weighted by Crippen LogP contribution is 2.34. The molecule has 0 aliphatic carbocycles. The van der Waals surface area contributed by atoms with Crippen LogP contribution in [0, 0.1) is 23.0 Å². The van der Waals surface area contributed by atoms with E-state index in [1.807, 2.05) is 42.2 Å². The first-order valence-electron chi connectivity index (χ1n) is 8.25. The van der Waals surface area contributed by atoms with Crippen LogP contribution in [-0.4, -0.2) is 23.8 Å². The number of nitro groups is 1. The fourth-order valence-corrected chi connectivity index (χ4v) is 3.60. The number of piperidine rings is 1. The Morgan fingerprint density at radius 2 is 1.80 bits per heavy atom. The van der Waals surface area contributed by atoms with Gasteiger partial charge in [-0.25, -0.2) is 0 Å². The fourth-order valence-electron chi connectivity index (χ4n) is 3.25. The van der Waals surface area contributed by atoms with Crippen molar-refractivity contribution in [3.8, 4) is 0 Å². The Hall–Kier alpha value is -2.21. The maximum Gasteiger partial charge on any atom is 0.293 e. The maximum absolute atomic E-state index is 12.6. The molecule has 0 bridgehead atoms. The molecule has 0 atom stereocenters. The van der Waals surface area contributed by atoms with Gasteiger partial charge in [-0.3, -0.25) is 14.9 Å².